The molecule has 0 spiro atoms. The van der Waals surface area contributed by atoms with E-state index in [1.54, 1.807) is 12.0 Å². The van der Waals surface area contributed by atoms with Gasteiger partial charge in [-0.15, -0.1) is 0 Å². The van der Waals surface area contributed by atoms with Crippen molar-refractivity contribution in [2.45, 2.75) is 11.4 Å². The lowest BCUT2D eigenvalue weighted by molar-refractivity contribution is -0.122. The van der Waals surface area contributed by atoms with Gasteiger partial charge in [0.15, 0.2) is 0 Å². The number of fused-ring (bicyclic) bond motifs is 1. The first-order valence-electron chi connectivity index (χ1n) is 11.6. The van der Waals surface area contributed by atoms with Crippen LogP contribution in [0.4, 0.5) is 5.69 Å². The molecular weight excluding hydrogens is 538 g/mol. The molecule has 3 aromatic rings. The van der Waals surface area contributed by atoms with Crippen molar-refractivity contribution in [2.24, 2.45) is 0 Å². The van der Waals surface area contributed by atoms with Crippen molar-refractivity contribution >= 4 is 51.3 Å². The summed E-state index contributed by atoms with van der Waals surface area (Å²) in [5.41, 5.74) is 2.84. The van der Waals surface area contributed by atoms with Crippen molar-refractivity contribution in [1.82, 2.24) is 10.2 Å². The molecule has 1 aliphatic rings. The number of amides is 2. The zero-order chi connectivity index (χ0) is 25.5. The first-order chi connectivity index (χ1) is 17.4. The van der Waals surface area contributed by atoms with Gasteiger partial charge in [-0.05, 0) is 64.4 Å². The molecule has 36 heavy (non-hydrogen) atoms. The number of carbonyl (C=O) groups is 2. The van der Waals surface area contributed by atoms with Gasteiger partial charge in [-0.1, -0.05) is 60.3 Å². The molecule has 0 radical (unpaired) electrons. The van der Waals surface area contributed by atoms with E-state index in [2.05, 4.69) is 38.3 Å². The fourth-order valence-corrected chi connectivity index (χ4v) is 5.52. The van der Waals surface area contributed by atoms with Crippen LogP contribution >= 0.6 is 27.7 Å². The van der Waals surface area contributed by atoms with Gasteiger partial charge in [0.1, 0.15) is 12.3 Å². The van der Waals surface area contributed by atoms with Crippen LogP contribution in [-0.4, -0.2) is 50.5 Å². The van der Waals surface area contributed by atoms with Crippen molar-refractivity contribution in [2.75, 3.05) is 38.7 Å². The number of hydrogen-bond acceptors (Lipinski definition) is 5. The number of methoxy groups -OCH3 is 1. The fraction of sp³-hybridized carbons (Fsp3) is 0.214. The van der Waals surface area contributed by atoms with Gasteiger partial charge in [0, 0.05) is 24.5 Å². The standard InChI is InChI=1S/C28H28BrN3O3S/c1-31(18-20-8-4-3-5-9-20)15-14-30-27(33)19-32-23-10-6-7-11-25(23)36-26(28(32)34)17-21-12-13-24(35-2)22(29)16-21/h3-13,16-17H,14-15,18-19H2,1-2H3,(H,30,33). The van der Waals surface area contributed by atoms with Gasteiger partial charge in [0.25, 0.3) is 5.91 Å². The smallest absolute Gasteiger partial charge is 0.265 e. The summed E-state index contributed by atoms with van der Waals surface area (Å²) in [5.74, 6) is 0.338. The summed E-state index contributed by atoms with van der Waals surface area (Å²) in [6.07, 6.45) is 1.84. The van der Waals surface area contributed by atoms with Gasteiger partial charge >= 0.3 is 0 Å². The van der Waals surface area contributed by atoms with Crippen LogP contribution in [0.3, 0.4) is 0 Å². The molecule has 186 valence electrons. The highest BCUT2D eigenvalue weighted by molar-refractivity contribution is 9.10. The fourth-order valence-electron chi connectivity index (χ4n) is 3.90. The molecule has 0 bridgehead atoms. The molecule has 8 heteroatoms. The molecule has 0 saturated heterocycles. The molecule has 3 aromatic carbocycles. The van der Waals surface area contributed by atoms with E-state index in [1.165, 1.54) is 17.3 Å². The molecule has 0 unspecified atom stereocenters. The SMILES string of the molecule is COc1ccc(C=C2Sc3ccccc3N(CC(=O)NCCN(C)Cc3ccccc3)C2=O)cc1Br. The van der Waals surface area contributed by atoms with Crippen molar-refractivity contribution in [1.29, 1.82) is 0 Å². The van der Waals surface area contributed by atoms with Gasteiger partial charge in [-0.25, -0.2) is 0 Å². The second-order valence-electron chi connectivity index (χ2n) is 8.44. The number of thioether (sulfide) groups is 1. The second-order valence-corrected chi connectivity index (χ2v) is 10.4. The number of hydrogen-bond donors (Lipinski definition) is 1. The van der Waals surface area contributed by atoms with Crippen molar-refractivity contribution in [3.8, 4) is 5.75 Å². The maximum Gasteiger partial charge on any atom is 0.265 e. The maximum atomic E-state index is 13.4. The number of benzene rings is 3. The minimum Gasteiger partial charge on any atom is -0.496 e. The highest BCUT2D eigenvalue weighted by Crippen LogP contribution is 2.42. The van der Waals surface area contributed by atoms with Crippen LogP contribution in [0, 0.1) is 0 Å². The molecule has 0 aliphatic carbocycles. The first-order valence-corrected chi connectivity index (χ1v) is 13.2. The summed E-state index contributed by atoms with van der Waals surface area (Å²) < 4.78 is 6.11. The molecule has 0 atom stereocenters. The predicted molar refractivity (Wildman–Crippen MR) is 149 cm³/mol. The average molecular weight is 567 g/mol. The largest absolute Gasteiger partial charge is 0.496 e. The number of halogens is 1. The van der Waals surface area contributed by atoms with E-state index in [4.69, 9.17) is 4.74 Å². The zero-order valence-corrected chi connectivity index (χ0v) is 22.6. The van der Waals surface area contributed by atoms with E-state index in [-0.39, 0.29) is 18.4 Å². The Balaban J connectivity index is 1.42. The van der Waals surface area contributed by atoms with Crippen LogP contribution in [0.15, 0.2) is 87.1 Å². The number of nitrogens with zero attached hydrogens (tertiary/aromatic N) is 2. The highest BCUT2D eigenvalue weighted by atomic mass is 79.9. The lowest BCUT2D eigenvalue weighted by Gasteiger charge is -2.30. The summed E-state index contributed by atoms with van der Waals surface area (Å²) in [7, 11) is 3.63. The minimum atomic E-state index is -0.193. The van der Waals surface area contributed by atoms with Crippen LogP contribution in [0.25, 0.3) is 6.08 Å². The van der Waals surface area contributed by atoms with E-state index >= 15 is 0 Å². The number of nitrogens with one attached hydrogen (secondary N) is 1. The Morgan fingerprint density at radius 1 is 1.11 bits per heavy atom. The number of ether oxygens (including phenoxy) is 1. The molecule has 4 rings (SSSR count). The second kappa shape index (κ2) is 12.3. The van der Waals surface area contributed by atoms with E-state index < -0.39 is 0 Å². The average Bonchev–Trinajstić information content (AvgIpc) is 2.87. The van der Waals surface area contributed by atoms with E-state index in [9.17, 15) is 9.59 Å². The topological polar surface area (TPSA) is 61.9 Å². The summed E-state index contributed by atoms with van der Waals surface area (Å²) in [5, 5.41) is 2.96. The summed E-state index contributed by atoms with van der Waals surface area (Å²) in [6, 6.07) is 23.5. The van der Waals surface area contributed by atoms with Crippen LogP contribution in [0.2, 0.25) is 0 Å². The molecule has 6 nitrogen and oxygen atoms in total. The number of para-hydroxylation sites is 1. The Morgan fingerprint density at radius 2 is 1.86 bits per heavy atom. The Hall–Kier alpha value is -3.07. The molecule has 2 amide bonds. The molecule has 1 aliphatic heterocycles. The number of anilines is 1. The number of rotatable bonds is 9. The molecule has 0 saturated carbocycles. The lowest BCUT2D eigenvalue weighted by Crippen LogP contribution is -2.44. The van der Waals surface area contributed by atoms with Gasteiger partial charge in [0.2, 0.25) is 5.91 Å². The molecular formula is C28H28BrN3O3S. The summed E-state index contributed by atoms with van der Waals surface area (Å²) in [6.45, 7) is 1.98. The van der Waals surface area contributed by atoms with Crippen molar-refractivity contribution in [3.63, 3.8) is 0 Å². The Labute approximate surface area is 224 Å². The molecule has 1 N–H and O–H groups in total. The lowest BCUT2D eigenvalue weighted by atomic mass is 10.2. The Morgan fingerprint density at radius 3 is 2.61 bits per heavy atom. The highest BCUT2D eigenvalue weighted by Gasteiger charge is 2.30. The predicted octanol–water partition coefficient (Wildman–Crippen LogP) is 5.19. The van der Waals surface area contributed by atoms with Crippen molar-refractivity contribution < 1.29 is 14.3 Å². The maximum absolute atomic E-state index is 13.4. The quantitative estimate of drug-likeness (QED) is 0.362. The van der Waals surface area contributed by atoms with Crippen LogP contribution in [0.1, 0.15) is 11.1 Å². The van der Waals surface area contributed by atoms with Gasteiger partial charge in [0.05, 0.1) is 22.2 Å². The van der Waals surface area contributed by atoms with Gasteiger partial charge < -0.3 is 15.0 Å². The van der Waals surface area contributed by atoms with Crippen LogP contribution < -0.4 is 15.0 Å². The summed E-state index contributed by atoms with van der Waals surface area (Å²) >= 11 is 4.91. The van der Waals surface area contributed by atoms with E-state index in [0.717, 1.165) is 32.9 Å². The monoisotopic (exact) mass is 565 g/mol. The van der Waals surface area contributed by atoms with E-state index in [1.807, 2.05) is 73.8 Å². The molecule has 0 aromatic heterocycles. The summed E-state index contributed by atoms with van der Waals surface area (Å²) in [4.78, 5) is 31.5. The Bertz CT molecular complexity index is 1270. The van der Waals surface area contributed by atoms with E-state index in [0.29, 0.717) is 18.0 Å². The minimum absolute atomic E-state index is 0.0392. The van der Waals surface area contributed by atoms with Gasteiger partial charge in [-0.3, -0.25) is 14.5 Å². The number of carbonyl (C=O) groups excluding carboxylic acids is 2. The third kappa shape index (κ3) is 6.57. The van der Waals surface area contributed by atoms with Crippen molar-refractivity contribution in [3.05, 3.63) is 93.3 Å². The van der Waals surface area contributed by atoms with Crippen LogP contribution in [-0.2, 0) is 16.1 Å². The number of likely N-dealkylation sites (N-methyl/N-ethyl adjacent to an activating group) is 1. The molecule has 1 heterocycles. The van der Waals surface area contributed by atoms with Gasteiger partial charge in [-0.2, -0.15) is 0 Å². The zero-order valence-electron chi connectivity index (χ0n) is 20.2. The third-order valence-corrected chi connectivity index (χ3v) is 7.42. The molecule has 0 fully saturated rings. The van der Waals surface area contributed by atoms with Crippen LogP contribution in [0.5, 0.6) is 5.75 Å². The third-order valence-electron chi connectivity index (χ3n) is 5.72. The Kier molecular flexibility index (Phi) is 8.85. The first kappa shape index (κ1) is 26.0. The normalized spacial score (nSPS) is 14.2.